The maximum atomic E-state index is 11.0. The molecule has 0 saturated heterocycles. The Morgan fingerprint density at radius 2 is 2.58 bits per heavy atom. The lowest BCUT2D eigenvalue weighted by molar-refractivity contribution is -0.111. The first-order valence-corrected chi connectivity index (χ1v) is 4.16. The zero-order valence-corrected chi connectivity index (χ0v) is 8.05. The van der Waals surface area contributed by atoms with Crippen LogP contribution in [0.2, 0.25) is 0 Å². The van der Waals surface area contributed by atoms with Crippen LogP contribution in [0, 0.1) is 0 Å². The number of nitrogens with one attached hydrogen (secondary N) is 2. The molecule has 0 aliphatic carbocycles. The molecule has 5 heteroatoms. The molecule has 2 N–H and O–H groups in total. The Bertz CT molecular complexity index is 305. The third kappa shape index (κ3) is 2.20. The Balaban J connectivity index is 2.64. The van der Waals surface area contributed by atoms with Gasteiger partial charge >= 0.3 is 0 Å². The van der Waals surface area contributed by atoms with Gasteiger partial charge in [0.15, 0.2) is 0 Å². The molecule has 4 nitrogen and oxygen atoms in total. The fourth-order valence-electron chi connectivity index (χ4n) is 0.675. The number of aromatic nitrogens is 2. The Hall–Kier alpha value is -1.10. The van der Waals surface area contributed by atoms with Gasteiger partial charge in [-0.25, -0.2) is 0 Å². The molecule has 0 bridgehead atoms. The highest BCUT2D eigenvalue weighted by molar-refractivity contribution is 9.10. The highest BCUT2D eigenvalue weighted by Crippen LogP contribution is 2.17. The van der Waals surface area contributed by atoms with Crippen molar-refractivity contribution in [2.75, 3.05) is 5.32 Å². The Kier molecular flexibility index (Phi) is 3.04. The second-order valence-corrected chi connectivity index (χ2v) is 2.94. The first-order valence-electron chi connectivity index (χ1n) is 3.36. The van der Waals surface area contributed by atoms with Gasteiger partial charge in [0.05, 0.1) is 10.7 Å². The van der Waals surface area contributed by atoms with Gasteiger partial charge in [0.25, 0.3) is 0 Å². The van der Waals surface area contributed by atoms with Gasteiger partial charge in [0.2, 0.25) is 5.91 Å². The largest absolute Gasteiger partial charge is 0.307 e. The first-order chi connectivity index (χ1) is 5.74. The lowest BCUT2D eigenvalue weighted by Gasteiger charge is -1.96. The van der Waals surface area contributed by atoms with Crippen LogP contribution in [0.15, 0.2) is 22.8 Å². The van der Waals surface area contributed by atoms with Crippen molar-refractivity contribution in [2.24, 2.45) is 0 Å². The average Bonchev–Trinajstić information content (AvgIpc) is 2.37. The van der Waals surface area contributed by atoms with E-state index in [-0.39, 0.29) is 5.91 Å². The molecule has 0 aliphatic rings. The molecule has 1 heterocycles. The van der Waals surface area contributed by atoms with E-state index in [1.807, 2.05) is 0 Å². The molecule has 0 aromatic carbocycles. The van der Waals surface area contributed by atoms with Crippen LogP contribution in [0.5, 0.6) is 0 Å². The minimum absolute atomic E-state index is 0.178. The van der Waals surface area contributed by atoms with Crippen LogP contribution in [-0.4, -0.2) is 16.1 Å². The van der Waals surface area contributed by atoms with Crippen molar-refractivity contribution < 1.29 is 4.79 Å². The van der Waals surface area contributed by atoms with Crippen molar-refractivity contribution in [1.82, 2.24) is 10.2 Å². The summed E-state index contributed by atoms with van der Waals surface area (Å²) in [6.07, 6.45) is 4.68. The van der Waals surface area contributed by atoms with E-state index in [0.29, 0.717) is 5.82 Å². The fraction of sp³-hybridized carbons (Fsp3) is 0.143. The molecule has 1 rings (SSSR count). The number of amides is 1. The summed E-state index contributed by atoms with van der Waals surface area (Å²) in [5.41, 5.74) is 0. The number of hydrogen-bond donors (Lipinski definition) is 2. The van der Waals surface area contributed by atoms with E-state index in [1.165, 1.54) is 6.08 Å². The monoisotopic (exact) mass is 229 g/mol. The van der Waals surface area contributed by atoms with Crippen LogP contribution in [-0.2, 0) is 4.79 Å². The Labute approximate surface area is 78.2 Å². The van der Waals surface area contributed by atoms with Crippen LogP contribution in [0.3, 0.4) is 0 Å². The van der Waals surface area contributed by atoms with E-state index in [0.717, 1.165) is 4.47 Å². The normalized spacial score (nSPS) is 10.5. The van der Waals surface area contributed by atoms with E-state index >= 15 is 0 Å². The van der Waals surface area contributed by atoms with E-state index in [2.05, 4.69) is 31.4 Å². The Morgan fingerprint density at radius 3 is 3.08 bits per heavy atom. The van der Waals surface area contributed by atoms with Crippen molar-refractivity contribution in [2.45, 2.75) is 6.92 Å². The van der Waals surface area contributed by atoms with Gasteiger partial charge in [-0.05, 0) is 28.9 Å². The summed E-state index contributed by atoms with van der Waals surface area (Å²) in [6.45, 7) is 1.78. The molecule has 0 unspecified atom stereocenters. The number of aromatic amines is 1. The molecule has 1 aromatic rings. The maximum absolute atomic E-state index is 11.0. The summed E-state index contributed by atoms with van der Waals surface area (Å²) in [4.78, 5) is 11.0. The quantitative estimate of drug-likeness (QED) is 0.759. The second kappa shape index (κ2) is 4.06. The summed E-state index contributed by atoms with van der Waals surface area (Å²) in [5, 5.41) is 8.96. The summed E-state index contributed by atoms with van der Waals surface area (Å²) in [7, 11) is 0. The molecule has 0 saturated carbocycles. The van der Waals surface area contributed by atoms with Gasteiger partial charge < -0.3 is 5.32 Å². The van der Waals surface area contributed by atoms with Crippen molar-refractivity contribution in [1.29, 1.82) is 0 Å². The lowest BCUT2D eigenvalue weighted by Crippen LogP contribution is -2.08. The van der Waals surface area contributed by atoms with E-state index in [1.54, 1.807) is 19.2 Å². The fourth-order valence-corrected chi connectivity index (χ4v) is 0.966. The number of halogens is 1. The third-order valence-corrected chi connectivity index (χ3v) is 1.76. The van der Waals surface area contributed by atoms with E-state index < -0.39 is 0 Å². The second-order valence-electron chi connectivity index (χ2n) is 2.08. The maximum Gasteiger partial charge on any atom is 0.249 e. The van der Waals surface area contributed by atoms with Crippen molar-refractivity contribution in [3.8, 4) is 0 Å². The summed E-state index contributed by atoms with van der Waals surface area (Å²) in [5.74, 6) is 0.389. The van der Waals surface area contributed by atoms with Gasteiger partial charge in [-0.2, -0.15) is 5.10 Å². The number of H-pyrrole nitrogens is 1. The van der Waals surface area contributed by atoms with Gasteiger partial charge in [-0.15, -0.1) is 0 Å². The molecule has 1 amide bonds. The molecule has 1 aromatic heterocycles. The Morgan fingerprint density at radius 1 is 1.83 bits per heavy atom. The summed E-state index contributed by atoms with van der Waals surface area (Å²) < 4.78 is 0.736. The highest BCUT2D eigenvalue weighted by Gasteiger charge is 2.02. The topological polar surface area (TPSA) is 57.8 Å². The van der Waals surface area contributed by atoms with Crippen LogP contribution in [0.25, 0.3) is 0 Å². The minimum atomic E-state index is -0.178. The predicted octanol–water partition coefficient (Wildman–Crippen LogP) is 1.69. The van der Waals surface area contributed by atoms with Crippen LogP contribution in [0.1, 0.15) is 6.92 Å². The first kappa shape index (κ1) is 8.99. The number of allylic oxidation sites excluding steroid dienone is 1. The van der Waals surface area contributed by atoms with Crippen LogP contribution < -0.4 is 5.32 Å². The number of nitrogens with zero attached hydrogens (tertiary/aromatic N) is 1. The van der Waals surface area contributed by atoms with Gasteiger partial charge in [0, 0.05) is 0 Å². The lowest BCUT2D eigenvalue weighted by atomic mass is 10.5. The number of anilines is 1. The predicted molar refractivity (Wildman–Crippen MR) is 49.7 cm³/mol. The molecule has 64 valence electrons. The van der Waals surface area contributed by atoms with E-state index in [4.69, 9.17) is 0 Å². The smallest absolute Gasteiger partial charge is 0.249 e. The average molecular weight is 230 g/mol. The van der Waals surface area contributed by atoms with Gasteiger partial charge in [0.1, 0.15) is 5.82 Å². The minimum Gasteiger partial charge on any atom is -0.307 e. The summed E-state index contributed by atoms with van der Waals surface area (Å²) in [6, 6.07) is 0. The highest BCUT2D eigenvalue weighted by atomic mass is 79.9. The molecule has 0 aliphatic heterocycles. The molecular weight excluding hydrogens is 222 g/mol. The zero-order chi connectivity index (χ0) is 8.97. The number of rotatable bonds is 2. The van der Waals surface area contributed by atoms with Crippen LogP contribution >= 0.6 is 15.9 Å². The molecule has 0 atom stereocenters. The van der Waals surface area contributed by atoms with Gasteiger partial charge in [-0.3, -0.25) is 9.89 Å². The molecule has 0 fully saturated rings. The molecule has 0 spiro atoms. The van der Waals surface area contributed by atoms with Crippen LogP contribution in [0.4, 0.5) is 5.82 Å². The zero-order valence-electron chi connectivity index (χ0n) is 6.47. The SMILES string of the molecule is C/C=C/C(=O)Nc1[nH]ncc1Br. The molecule has 0 radical (unpaired) electrons. The number of carbonyl (C=O) groups excluding carboxylic acids is 1. The van der Waals surface area contributed by atoms with Crippen molar-refractivity contribution in [3.05, 3.63) is 22.8 Å². The van der Waals surface area contributed by atoms with Crippen molar-refractivity contribution in [3.63, 3.8) is 0 Å². The van der Waals surface area contributed by atoms with Crippen molar-refractivity contribution >= 4 is 27.7 Å². The number of carbonyl (C=O) groups is 1. The van der Waals surface area contributed by atoms with E-state index in [9.17, 15) is 4.79 Å². The summed E-state index contributed by atoms with van der Waals surface area (Å²) >= 11 is 3.21. The third-order valence-electron chi connectivity index (χ3n) is 1.16. The van der Waals surface area contributed by atoms with Gasteiger partial charge in [-0.1, -0.05) is 6.08 Å². The molecule has 12 heavy (non-hydrogen) atoms. The number of hydrogen-bond acceptors (Lipinski definition) is 2. The molecular formula is C7H8BrN3O. The standard InChI is InChI=1S/C7H8BrN3O/c1-2-3-6(12)10-7-5(8)4-9-11-7/h2-4H,1H3,(H2,9,10,11,12)/b3-2+.